The van der Waals surface area contributed by atoms with E-state index in [2.05, 4.69) is 5.32 Å². The molecule has 0 aliphatic rings. The highest BCUT2D eigenvalue weighted by molar-refractivity contribution is 7.80. The Morgan fingerprint density at radius 1 is 1.29 bits per heavy atom. The number of hydrogen-bond acceptors (Lipinski definition) is 3. The number of hydrogen-bond donors (Lipinski definition) is 2. The molecule has 0 atom stereocenters. The monoisotopic (exact) mass is 304 g/mol. The summed E-state index contributed by atoms with van der Waals surface area (Å²) in [7, 11) is 1.52. The second-order valence-electron chi connectivity index (χ2n) is 4.24. The lowest BCUT2D eigenvalue weighted by Crippen LogP contribution is -2.18. The number of amides is 1. The van der Waals surface area contributed by atoms with Crippen LogP contribution in [0.1, 0.15) is 15.9 Å². The summed E-state index contributed by atoms with van der Waals surface area (Å²) < 4.78 is 18.3. The third-order valence-electron chi connectivity index (χ3n) is 2.83. The molecule has 0 heterocycles. The SMILES string of the molecule is COc1cccc(C(=O)Nc2ccc(F)cc2C(N)=S)c1. The van der Waals surface area contributed by atoms with Gasteiger partial charge in [0, 0.05) is 11.1 Å². The highest BCUT2D eigenvalue weighted by Crippen LogP contribution is 2.19. The van der Waals surface area contributed by atoms with Crippen LogP contribution >= 0.6 is 12.2 Å². The van der Waals surface area contributed by atoms with Crippen molar-refractivity contribution in [3.05, 3.63) is 59.4 Å². The van der Waals surface area contributed by atoms with E-state index in [9.17, 15) is 9.18 Å². The van der Waals surface area contributed by atoms with Gasteiger partial charge in [0.05, 0.1) is 12.8 Å². The van der Waals surface area contributed by atoms with Crippen molar-refractivity contribution in [1.29, 1.82) is 0 Å². The first kappa shape index (κ1) is 14.9. The fourth-order valence-electron chi connectivity index (χ4n) is 1.79. The first-order valence-corrected chi connectivity index (χ1v) is 6.47. The average molecular weight is 304 g/mol. The number of ether oxygens (including phenoxy) is 1. The van der Waals surface area contributed by atoms with Crippen LogP contribution in [0.25, 0.3) is 0 Å². The summed E-state index contributed by atoms with van der Waals surface area (Å²) in [4.78, 5) is 12.2. The number of carbonyl (C=O) groups is 1. The fourth-order valence-corrected chi connectivity index (χ4v) is 1.96. The fraction of sp³-hybridized carbons (Fsp3) is 0.0667. The lowest BCUT2D eigenvalue weighted by molar-refractivity contribution is 0.102. The van der Waals surface area contributed by atoms with Gasteiger partial charge in [0.2, 0.25) is 0 Å². The van der Waals surface area contributed by atoms with Gasteiger partial charge in [-0.15, -0.1) is 0 Å². The maximum absolute atomic E-state index is 13.2. The molecule has 0 bridgehead atoms. The Balaban J connectivity index is 2.29. The van der Waals surface area contributed by atoms with Crippen LogP contribution < -0.4 is 15.8 Å². The second kappa shape index (κ2) is 6.32. The number of halogens is 1. The summed E-state index contributed by atoms with van der Waals surface area (Å²) in [6.45, 7) is 0. The zero-order valence-corrected chi connectivity index (χ0v) is 12.0. The molecule has 0 fully saturated rings. The number of anilines is 1. The Kier molecular flexibility index (Phi) is 4.49. The molecular weight excluding hydrogens is 291 g/mol. The lowest BCUT2D eigenvalue weighted by atomic mass is 10.1. The van der Waals surface area contributed by atoms with Crippen LogP contribution in [-0.2, 0) is 0 Å². The number of thiocarbonyl (C=S) groups is 1. The maximum atomic E-state index is 13.2. The number of benzene rings is 2. The van der Waals surface area contributed by atoms with Crippen LogP contribution in [-0.4, -0.2) is 18.0 Å². The van der Waals surface area contributed by atoms with Gasteiger partial charge in [0.25, 0.3) is 5.91 Å². The van der Waals surface area contributed by atoms with E-state index < -0.39 is 5.82 Å². The Labute approximate surface area is 126 Å². The molecule has 2 rings (SSSR count). The molecule has 0 saturated heterocycles. The summed E-state index contributed by atoms with van der Waals surface area (Å²) in [5, 5.41) is 2.66. The maximum Gasteiger partial charge on any atom is 0.255 e. The molecule has 6 heteroatoms. The zero-order chi connectivity index (χ0) is 15.4. The van der Waals surface area contributed by atoms with Crippen molar-refractivity contribution in [2.45, 2.75) is 0 Å². The molecule has 1 amide bonds. The number of carbonyl (C=O) groups excluding carboxylic acids is 1. The highest BCUT2D eigenvalue weighted by Gasteiger charge is 2.12. The molecule has 0 saturated carbocycles. The molecule has 0 radical (unpaired) electrons. The molecule has 0 aliphatic heterocycles. The van der Waals surface area contributed by atoms with Crippen molar-refractivity contribution in [2.75, 3.05) is 12.4 Å². The highest BCUT2D eigenvalue weighted by atomic mass is 32.1. The first-order valence-electron chi connectivity index (χ1n) is 6.06. The van der Waals surface area contributed by atoms with Crippen LogP contribution in [0, 0.1) is 5.82 Å². The predicted molar refractivity (Wildman–Crippen MR) is 83.2 cm³/mol. The standard InChI is InChI=1S/C15H13FN2O2S/c1-20-11-4-2-3-9(7-11)15(19)18-13-6-5-10(16)8-12(13)14(17)21/h2-8H,1H3,(H2,17,21)(H,18,19). The molecule has 2 aromatic carbocycles. The van der Waals surface area contributed by atoms with Crippen LogP contribution in [0.15, 0.2) is 42.5 Å². The van der Waals surface area contributed by atoms with Gasteiger partial charge in [-0.3, -0.25) is 4.79 Å². The molecule has 0 spiro atoms. The molecule has 4 nitrogen and oxygen atoms in total. The van der Waals surface area contributed by atoms with Gasteiger partial charge in [-0.05, 0) is 36.4 Å². The van der Waals surface area contributed by atoms with Crippen molar-refractivity contribution >= 4 is 28.8 Å². The molecule has 0 aliphatic carbocycles. The van der Waals surface area contributed by atoms with Crippen LogP contribution in [0.3, 0.4) is 0 Å². The Morgan fingerprint density at radius 3 is 2.71 bits per heavy atom. The van der Waals surface area contributed by atoms with Crippen LogP contribution in [0.2, 0.25) is 0 Å². The van der Waals surface area contributed by atoms with Crippen molar-refractivity contribution in [2.24, 2.45) is 5.73 Å². The van der Waals surface area contributed by atoms with E-state index in [4.69, 9.17) is 22.7 Å². The Hall–Kier alpha value is -2.47. The van der Waals surface area contributed by atoms with Gasteiger partial charge >= 0.3 is 0 Å². The normalized spacial score (nSPS) is 10.0. The van der Waals surface area contributed by atoms with Crippen molar-refractivity contribution in [3.63, 3.8) is 0 Å². The van der Waals surface area contributed by atoms with E-state index in [1.807, 2.05) is 0 Å². The third kappa shape index (κ3) is 3.55. The van der Waals surface area contributed by atoms with E-state index >= 15 is 0 Å². The molecule has 0 aromatic heterocycles. The van der Waals surface area contributed by atoms with Crippen LogP contribution in [0.5, 0.6) is 5.75 Å². The van der Waals surface area contributed by atoms with Crippen LogP contribution in [0.4, 0.5) is 10.1 Å². The van der Waals surface area contributed by atoms with E-state index in [1.54, 1.807) is 24.3 Å². The predicted octanol–water partition coefficient (Wildman–Crippen LogP) is 2.72. The van der Waals surface area contributed by atoms with E-state index in [0.717, 1.165) is 0 Å². The van der Waals surface area contributed by atoms with Gasteiger partial charge in [-0.25, -0.2) is 4.39 Å². The van der Waals surface area contributed by atoms with E-state index in [1.165, 1.54) is 25.3 Å². The number of nitrogens with one attached hydrogen (secondary N) is 1. The number of nitrogens with two attached hydrogens (primary N) is 1. The summed E-state index contributed by atoms with van der Waals surface area (Å²) in [5.41, 5.74) is 6.58. The van der Waals surface area contributed by atoms with Crippen molar-refractivity contribution in [1.82, 2.24) is 0 Å². The molecule has 108 valence electrons. The topological polar surface area (TPSA) is 64.3 Å². The minimum absolute atomic E-state index is 0.00967. The van der Waals surface area contributed by atoms with Crippen molar-refractivity contribution in [3.8, 4) is 5.75 Å². The van der Waals surface area contributed by atoms with E-state index in [-0.39, 0.29) is 16.5 Å². The quantitative estimate of drug-likeness (QED) is 0.853. The first-order chi connectivity index (χ1) is 10.0. The molecule has 2 aromatic rings. The zero-order valence-electron chi connectivity index (χ0n) is 11.2. The van der Waals surface area contributed by atoms with Gasteiger partial charge in [0.1, 0.15) is 16.6 Å². The van der Waals surface area contributed by atoms with E-state index in [0.29, 0.717) is 17.0 Å². The molecule has 21 heavy (non-hydrogen) atoms. The Bertz CT molecular complexity index is 704. The van der Waals surface area contributed by atoms with Crippen molar-refractivity contribution < 1.29 is 13.9 Å². The summed E-state index contributed by atoms with van der Waals surface area (Å²) >= 11 is 4.86. The second-order valence-corrected chi connectivity index (χ2v) is 4.68. The number of rotatable bonds is 4. The summed E-state index contributed by atoms with van der Waals surface area (Å²) in [6.07, 6.45) is 0. The summed E-state index contributed by atoms with van der Waals surface area (Å²) in [5.74, 6) is -0.272. The minimum Gasteiger partial charge on any atom is -0.497 e. The lowest BCUT2D eigenvalue weighted by Gasteiger charge is -2.11. The molecular formula is C15H13FN2O2S. The van der Waals surface area contributed by atoms with Gasteiger partial charge in [0.15, 0.2) is 0 Å². The van der Waals surface area contributed by atoms with Gasteiger partial charge in [-0.2, -0.15) is 0 Å². The average Bonchev–Trinajstić information content (AvgIpc) is 2.48. The van der Waals surface area contributed by atoms with Gasteiger partial charge in [-0.1, -0.05) is 18.3 Å². The molecule has 0 unspecified atom stereocenters. The summed E-state index contributed by atoms with van der Waals surface area (Å²) in [6, 6.07) is 10.5. The van der Waals surface area contributed by atoms with Gasteiger partial charge < -0.3 is 15.8 Å². The smallest absolute Gasteiger partial charge is 0.255 e. The molecule has 3 N–H and O–H groups in total. The third-order valence-corrected chi connectivity index (χ3v) is 3.05. The Morgan fingerprint density at radius 2 is 2.05 bits per heavy atom. The largest absolute Gasteiger partial charge is 0.497 e. The number of methoxy groups -OCH3 is 1. The minimum atomic E-state index is -0.475.